The molecule has 0 unspecified atom stereocenters. The maximum Gasteiger partial charge on any atom is 0.205 e. The van der Waals surface area contributed by atoms with Gasteiger partial charge in [-0.25, -0.2) is 4.68 Å². The Bertz CT molecular complexity index is 709. The van der Waals surface area contributed by atoms with Gasteiger partial charge in [0, 0.05) is 11.8 Å². The molecule has 0 spiro atoms. The molecule has 0 saturated heterocycles. The minimum Gasteiger partial charge on any atom is -0.320 e. The van der Waals surface area contributed by atoms with Crippen LogP contribution in [-0.2, 0) is 5.54 Å². The number of benzene rings is 1. The third-order valence-corrected chi connectivity index (χ3v) is 3.30. The molecule has 0 aliphatic heterocycles. The smallest absolute Gasteiger partial charge is 0.205 e. The maximum absolute atomic E-state index is 12.1. The predicted octanol–water partition coefficient (Wildman–Crippen LogP) is 2.35. The Morgan fingerprint density at radius 2 is 1.80 bits per heavy atom. The van der Waals surface area contributed by atoms with E-state index < -0.39 is 5.54 Å². The molecule has 2 aromatic rings. The number of hydrogen-bond acceptors (Lipinski definition) is 3. The van der Waals surface area contributed by atoms with Crippen molar-refractivity contribution in [2.75, 3.05) is 0 Å². The van der Waals surface area contributed by atoms with Crippen molar-refractivity contribution in [3.63, 3.8) is 0 Å². The highest BCUT2D eigenvalue weighted by atomic mass is 16.1. The van der Waals surface area contributed by atoms with E-state index >= 15 is 0 Å². The lowest BCUT2D eigenvalue weighted by atomic mass is 10.0. The van der Waals surface area contributed by atoms with Crippen LogP contribution in [0, 0.1) is 20.8 Å². The van der Waals surface area contributed by atoms with E-state index in [2.05, 4.69) is 18.1 Å². The van der Waals surface area contributed by atoms with Crippen LogP contribution in [0.4, 0.5) is 0 Å². The summed E-state index contributed by atoms with van der Waals surface area (Å²) in [6, 6.07) is 7.75. The van der Waals surface area contributed by atoms with E-state index in [9.17, 15) is 4.79 Å². The Morgan fingerprint density at radius 1 is 1.15 bits per heavy atom. The Morgan fingerprint density at radius 3 is 2.35 bits per heavy atom. The van der Waals surface area contributed by atoms with Gasteiger partial charge in [-0.05, 0) is 46.2 Å². The minimum atomic E-state index is -0.759. The molecular weight excluding hydrogens is 250 g/mol. The van der Waals surface area contributed by atoms with Crippen LogP contribution < -0.4 is 11.2 Å². The van der Waals surface area contributed by atoms with Crippen molar-refractivity contribution in [1.29, 1.82) is 0 Å². The zero-order valence-electron chi connectivity index (χ0n) is 12.7. The highest BCUT2D eigenvalue weighted by molar-refractivity contribution is 5.43. The summed E-state index contributed by atoms with van der Waals surface area (Å²) < 4.78 is 1.79. The summed E-state index contributed by atoms with van der Waals surface area (Å²) in [5.74, 6) is 0. The van der Waals surface area contributed by atoms with E-state index in [1.807, 2.05) is 26.0 Å². The molecule has 4 heteroatoms. The number of aryl methyl sites for hydroxylation is 3. The van der Waals surface area contributed by atoms with E-state index in [1.54, 1.807) is 24.6 Å². The van der Waals surface area contributed by atoms with Crippen molar-refractivity contribution in [3.05, 3.63) is 57.0 Å². The van der Waals surface area contributed by atoms with E-state index in [0.29, 0.717) is 5.69 Å². The fourth-order valence-electron chi connectivity index (χ4n) is 2.28. The van der Waals surface area contributed by atoms with Crippen LogP contribution in [0.2, 0.25) is 0 Å². The monoisotopic (exact) mass is 271 g/mol. The van der Waals surface area contributed by atoms with Gasteiger partial charge in [-0.1, -0.05) is 17.7 Å². The lowest BCUT2D eigenvalue weighted by Crippen LogP contribution is -2.37. The topological polar surface area (TPSA) is 60.9 Å². The molecule has 1 heterocycles. The zero-order valence-corrected chi connectivity index (χ0v) is 12.7. The fourth-order valence-corrected chi connectivity index (χ4v) is 2.28. The first-order valence-corrected chi connectivity index (χ1v) is 6.68. The summed E-state index contributed by atoms with van der Waals surface area (Å²) in [6.07, 6.45) is 0. The van der Waals surface area contributed by atoms with Crippen molar-refractivity contribution in [2.24, 2.45) is 5.73 Å². The van der Waals surface area contributed by atoms with E-state index in [0.717, 1.165) is 16.9 Å². The molecule has 1 aromatic carbocycles. The minimum absolute atomic E-state index is 0.115. The Kier molecular flexibility index (Phi) is 3.52. The van der Waals surface area contributed by atoms with Crippen molar-refractivity contribution in [3.8, 4) is 5.69 Å². The zero-order chi connectivity index (χ0) is 15.1. The second-order valence-electron chi connectivity index (χ2n) is 5.92. The summed E-state index contributed by atoms with van der Waals surface area (Å²) >= 11 is 0. The van der Waals surface area contributed by atoms with Crippen LogP contribution in [0.25, 0.3) is 5.69 Å². The summed E-state index contributed by atoms with van der Waals surface area (Å²) in [6.45, 7) is 9.55. The molecule has 0 atom stereocenters. The van der Waals surface area contributed by atoms with Gasteiger partial charge < -0.3 is 5.73 Å². The molecule has 0 bridgehead atoms. The molecule has 106 valence electrons. The molecule has 1 aromatic heterocycles. The van der Waals surface area contributed by atoms with E-state index in [1.165, 1.54) is 5.56 Å². The van der Waals surface area contributed by atoms with Gasteiger partial charge in [0.1, 0.15) is 5.69 Å². The van der Waals surface area contributed by atoms with Crippen LogP contribution in [0.1, 0.15) is 36.4 Å². The van der Waals surface area contributed by atoms with Gasteiger partial charge in [0.25, 0.3) is 0 Å². The predicted molar refractivity (Wildman–Crippen MR) is 81.3 cm³/mol. The largest absolute Gasteiger partial charge is 0.320 e. The molecule has 4 nitrogen and oxygen atoms in total. The van der Waals surface area contributed by atoms with Gasteiger partial charge in [0.15, 0.2) is 0 Å². The highest BCUT2D eigenvalue weighted by Crippen LogP contribution is 2.18. The van der Waals surface area contributed by atoms with Crippen molar-refractivity contribution in [2.45, 2.75) is 40.2 Å². The summed E-state index contributed by atoms with van der Waals surface area (Å²) in [5, 5.41) is 4.48. The molecule has 20 heavy (non-hydrogen) atoms. The van der Waals surface area contributed by atoms with Gasteiger partial charge in [-0.15, -0.1) is 0 Å². The molecule has 0 aliphatic carbocycles. The Balaban J connectivity index is 2.72. The normalized spacial score (nSPS) is 11.7. The molecule has 0 aliphatic rings. The van der Waals surface area contributed by atoms with Crippen LogP contribution in [0.3, 0.4) is 0 Å². The summed E-state index contributed by atoms with van der Waals surface area (Å²) in [7, 11) is 0. The fraction of sp³-hybridized carbons (Fsp3) is 0.375. The molecule has 0 saturated carbocycles. The van der Waals surface area contributed by atoms with E-state index in [-0.39, 0.29) is 5.43 Å². The lowest BCUT2D eigenvalue weighted by Gasteiger charge is -2.20. The summed E-state index contributed by atoms with van der Waals surface area (Å²) in [4.78, 5) is 12.1. The molecular formula is C16H21N3O. The molecule has 0 fully saturated rings. The molecule has 2 N–H and O–H groups in total. The van der Waals surface area contributed by atoms with Gasteiger partial charge in [-0.2, -0.15) is 5.10 Å². The second kappa shape index (κ2) is 4.87. The van der Waals surface area contributed by atoms with Gasteiger partial charge in [-0.3, -0.25) is 4.79 Å². The van der Waals surface area contributed by atoms with Crippen LogP contribution in [0.15, 0.2) is 29.1 Å². The summed E-state index contributed by atoms with van der Waals surface area (Å²) in [5.41, 5.74) is 9.63. The average molecular weight is 271 g/mol. The Hall–Kier alpha value is -1.94. The van der Waals surface area contributed by atoms with Gasteiger partial charge >= 0.3 is 0 Å². The molecule has 2 rings (SSSR count). The Labute approximate surface area is 119 Å². The third kappa shape index (κ3) is 2.65. The number of aromatic nitrogens is 2. The van der Waals surface area contributed by atoms with Crippen molar-refractivity contribution >= 4 is 0 Å². The SMILES string of the molecule is Cc1ccc(-n2nc(C(C)(C)N)c(=O)cc2C)c(C)c1. The third-order valence-electron chi connectivity index (χ3n) is 3.30. The van der Waals surface area contributed by atoms with Gasteiger partial charge in [0.2, 0.25) is 5.43 Å². The van der Waals surface area contributed by atoms with Crippen molar-refractivity contribution in [1.82, 2.24) is 9.78 Å². The van der Waals surface area contributed by atoms with Gasteiger partial charge in [0.05, 0.1) is 11.2 Å². The first kappa shape index (κ1) is 14.5. The number of nitrogens with zero attached hydrogens (tertiary/aromatic N) is 2. The maximum atomic E-state index is 12.1. The first-order valence-electron chi connectivity index (χ1n) is 6.68. The van der Waals surface area contributed by atoms with Crippen LogP contribution in [-0.4, -0.2) is 9.78 Å². The van der Waals surface area contributed by atoms with Crippen LogP contribution in [0.5, 0.6) is 0 Å². The number of rotatable bonds is 2. The number of nitrogens with two attached hydrogens (primary N) is 1. The highest BCUT2D eigenvalue weighted by Gasteiger charge is 2.21. The first-order chi connectivity index (χ1) is 9.20. The molecule has 0 amide bonds. The van der Waals surface area contributed by atoms with Crippen molar-refractivity contribution < 1.29 is 0 Å². The second-order valence-corrected chi connectivity index (χ2v) is 5.92. The van der Waals surface area contributed by atoms with Crippen LogP contribution >= 0.6 is 0 Å². The average Bonchev–Trinajstić information content (AvgIpc) is 2.28. The number of hydrogen-bond donors (Lipinski definition) is 1. The van der Waals surface area contributed by atoms with E-state index in [4.69, 9.17) is 5.73 Å². The molecule has 0 radical (unpaired) electrons. The standard InChI is InChI=1S/C16H21N3O/c1-10-6-7-13(11(2)8-10)19-12(3)9-14(20)15(18-19)16(4,5)17/h6-9H,17H2,1-5H3. The lowest BCUT2D eigenvalue weighted by molar-refractivity contribution is 0.510. The quantitative estimate of drug-likeness (QED) is 0.912.